The maximum Gasteiger partial charge on any atom is 0.220 e. The van der Waals surface area contributed by atoms with Gasteiger partial charge in [0.25, 0.3) is 0 Å². The topological polar surface area (TPSA) is 41.1 Å². The summed E-state index contributed by atoms with van der Waals surface area (Å²) in [6.45, 7) is 0.881. The van der Waals surface area contributed by atoms with E-state index in [4.69, 9.17) is 0 Å². The lowest BCUT2D eigenvalue weighted by atomic mass is 9.93. The Morgan fingerprint density at radius 1 is 1.29 bits per heavy atom. The molecule has 114 valence electrons. The van der Waals surface area contributed by atoms with Gasteiger partial charge < -0.3 is 10.6 Å². The summed E-state index contributed by atoms with van der Waals surface area (Å²) >= 11 is 1.96. The first-order valence-corrected chi connectivity index (χ1v) is 9.20. The monoisotopic (exact) mass is 304 g/mol. The quantitative estimate of drug-likeness (QED) is 0.896. The standard InChI is InChI=1S/C17H24N2OS/c1-21-14-8-6-13(7-9-14)19-17(20)10-12-11-18-16-5-3-2-4-15(12)16/h2-5,12-14,18H,6-11H2,1H3,(H,19,20). The summed E-state index contributed by atoms with van der Waals surface area (Å²) in [5.41, 5.74) is 2.48. The van der Waals surface area contributed by atoms with Crippen molar-refractivity contribution in [3.05, 3.63) is 29.8 Å². The van der Waals surface area contributed by atoms with Gasteiger partial charge >= 0.3 is 0 Å². The van der Waals surface area contributed by atoms with Gasteiger partial charge in [-0.1, -0.05) is 18.2 Å². The Balaban J connectivity index is 1.49. The van der Waals surface area contributed by atoms with Gasteiger partial charge in [-0.2, -0.15) is 11.8 Å². The number of thioether (sulfide) groups is 1. The van der Waals surface area contributed by atoms with Crippen molar-refractivity contribution in [3.8, 4) is 0 Å². The van der Waals surface area contributed by atoms with E-state index in [0.29, 0.717) is 18.4 Å². The van der Waals surface area contributed by atoms with Gasteiger partial charge in [0.15, 0.2) is 0 Å². The molecule has 1 aromatic rings. The second-order valence-electron chi connectivity index (χ2n) is 6.15. The van der Waals surface area contributed by atoms with Gasteiger partial charge in [-0.25, -0.2) is 0 Å². The van der Waals surface area contributed by atoms with Gasteiger partial charge in [-0.05, 0) is 43.6 Å². The minimum Gasteiger partial charge on any atom is -0.384 e. The fourth-order valence-corrected chi connectivity index (χ4v) is 4.24. The lowest BCUT2D eigenvalue weighted by molar-refractivity contribution is -0.122. The van der Waals surface area contributed by atoms with Gasteiger partial charge in [-0.15, -0.1) is 0 Å². The summed E-state index contributed by atoms with van der Waals surface area (Å²) in [4.78, 5) is 12.3. The molecule has 0 saturated heterocycles. The van der Waals surface area contributed by atoms with E-state index in [1.807, 2.05) is 17.8 Å². The van der Waals surface area contributed by atoms with Crippen molar-refractivity contribution in [2.24, 2.45) is 0 Å². The average molecular weight is 304 g/mol. The van der Waals surface area contributed by atoms with Crippen molar-refractivity contribution in [2.45, 2.75) is 49.3 Å². The summed E-state index contributed by atoms with van der Waals surface area (Å²) in [5, 5.41) is 7.43. The Morgan fingerprint density at radius 3 is 2.81 bits per heavy atom. The van der Waals surface area contributed by atoms with E-state index in [9.17, 15) is 4.79 Å². The molecule has 2 N–H and O–H groups in total. The molecule has 1 amide bonds. The molecule has 1 unspecified atom stereocenters. The summed E-state index contributed by atoms with van der Waals surface area (Å²) in [6.07, 6.45) is 7.54. The van der Waals surface area contributed by atoms with Crippen LogP contribution in [0.2, 0.25) is 0 Å². The average Bonchev–Trinajstić information content (AvgIpc) is 2.91. The molecule has 0 radical (unpaired) electrons. The van der Waals surface area contributed by atoms with Crippen LogP contribution >= 0.6 is 11.8 Å². The van der Waals surface area contributed by atoms with Crippen LogP contribution in [-0.2, 0) is 4.79 Å². The molecule has 21 heavy (non-hydrogen) atoms. The highest BCUT2D eigenvalue weighted by atomic mass is 32.2. The highest BCUT2D eigenvalue weighted by molar-refractivity contribution is 7.99. The summed E-state index contributed by atoms with van der Waals surface area (Å²) < 4.78 is 0. The van der Waals surface area contributed by atoms with Crippen molar-refractivity contribution in [1.29, 1.82) is 0 Å². The molecule has 2 aliphatic rings. The molecule has 1 heterocycles. The van der Waals surface area contributed by atoms with Crippen molar-refractivity contribution < 1.29 is 4.79 Å². The number of para-hydroxylation sites is 1. The summed E-state index contributed by atoms with van der Waals surface area (Å²) in [7, 11) is 0. The fourth-order valence-electron chi connectivity index (χ4n) is 3.49. The van der Waals surface area contributed by atoms with Crippen LogP contribution in [-0.4, -0.2) is 30.0 Å². The van der Waals surface area contributed by atoms with Crippen LogP contribution in [0.15, 0.2) is 24.3 Å². The molecule has 1 saturated carbocycles. The maximum absolute atomic E-state index is 12.3. The van der Waals surface area contributed by atoms with Crippen LogP contribution in [0.5, 0.6) is 0 Å². The van der Waals surface area contributed by atoms with Crippen molar-refractivity contribution in [2.75, 3.05) is 18.1 Å². The number of benzene rings is 1. The number of rotatable bonds is 4. The summed E-state index contributed by atoms with van der Waals surface area (Å²) in [5.74, 6) is 0.537. The van der Waals surface area contributed by atoms with E-state index < -0.39 is 0 Å². The molecule has 3 rings (SSSR count). The number of hydrogen-bond donors (Lipinski definition) is 2. The molecular formula is C17H24N2OS. The molecule has 1 fully saturated rings. The van der Waals surface area contributed by atoms with Gasteiger partial charge in [-0.3, -0.25) is 4.79 Å². The minimum absolute atomic E-state index is 0.214. The number of nitrogens with one attached hydrogen (secondary N) is 2. The van der Waals surface area contributed by atoms with E-state index in [-0.39, 0.29) is 5.91 Å². The van der Waals surface area contributed by atoms with E-state index in [0.717, 1.165) is 24.6 Å². The molecule has 0 bridgehead atoms. The second-order valence-corrected chi connectivity index (χ2v) is 7.28. The lowest BCUT2D eigenvalue weighted by Crippen LogP contribution is -2.38. The first-order valence-electron chi connectivity index (χ1n) is 7.91. The number of fused-ring (bicyclic) bond motifs is 1. The van der Waals surface area contributed by atoms with Crippen molar-refractivity contribution >= 4 is 23.4 Å². The van der Waals surface area contributed by atoms with E-state index in [2.05, 4.69) is 35.1 Å². The highest BCUT2D eigenvalue weighted by Crippen LogP contribution is 2.33. The van der Waals surface area contributed by atoms with Crippen molar-refractivity contribution in [1.82, 2.24) is 5.32 Å². The Morgan fingerprint density at radius 2 is 2.05 bits per heavy atom. The van der Waals surface area contributed by atoms with Gasteiger partial charge in [0.05, 0.1) is 0 Å². The molecule has 4 heteroatoms. The van der Waals surface area contributed by atoms with Gasteiger partial charge in [0.1, 0.15) is 0 Å². The van der Waals surface area contributed by atoms with E-state index >= 15 is 0 Å². The Hall–Kier alpha value is -1.16. The zero-order chi connectivity index (χ0) is 14.7. The molecular weight excluding hydrogens is 280 g/mol. The SMILES string of the molecule is CSC1CCC(NC(=O)CC2CNc3ccccc32)CC1. The molecule has 3 nitrogen and oxygen atoms in total. The van der Waals surface area contributed by atoms with Crippen LogP contribution in [0.25, 0.3) is 0 Å². The molecule has 0 aromatic heterocycles. The van der Waals surface area contributed by atoms with Crippen LogP contribution < -0.4 is 10.6 Å². The molecule has 1 aliphatic heterocycles. The maximum atomic E-state index is 12.3. The smallest absolute Gasteiger partial charge is 0.220 e. The predicted molar refractivity (Wildman–Crippen MR) is 90.0 cm³/mol. The number of hydrogen-bond acceptors (Lipinski definition) is 3. The number of amides is 1. The van der Waals surface area contributed by atoms with Crippen LogP contribution in [0.3, 0.4) is 0 Å². The first-order chi connectivity index (χ1) is 10.3. The van der Waals surface area contributed by atoms with Crippen LogP contribution in [0.4, 0.5) is 5.69 Å². The molecule has 1 aromatic carbocycles. The molecule has 1 aliphatic carbocycles. The minimum atomic E-state index is 0.214. The largest absolute Gasteiger partial charge is 0.384 e. The van der Waals surface area contributed by atoms with Crippen molar-refractivity contribution in [3.63, 3.8) is 0 Å². The predicted octanol–water partition coefficient (Wildman–Crippen LogP) is 3.38. The highest BCUT2D eigenvalue weighted by Gasteiger charge is 2.26. The fraction of sp³-hybridized carbons (Fsp3) is 0.588. The third kappa shape index (κ3) is 3.54. The normalized spacial score (nSPS) is 27.8. The number of anilines is 1. The second kappa shape index (κ2) is 6.73. The van der Waals surface area contributed by atoms with Crippen LogP contribution in [0.1, 0.15) is 43.6 Å². The molecule has 1 atom stereocenters. The zero-order valence-electron chi connectivity index (χ0n) is 12.6. The Labute approximate surface area is 131 Å². The first kappa shape index (κ1) is 14.8. The zero-order valence-corrected chi connectivity index (χ0v) is 13.4. The third-order valence-corrected chi connectivity index (χ3v) is 5.88. The van der Waals surface area contributed by atoms with E-state index in [1.54, 1.807) is 0 Å². The molecule has 0 spiro atoms. The van der Waals surface area contributed by atoms with Gasteiger partial charge in [0, 0.05) is 35.9 Å². The lowest BCUT2D eigenvalue weighted by Gasteiger charge is -2.28. The van der Waals surface area contributed by atoms with E-state index in [1.165, 1.54) is 24.1 Å². The Kier molecular flexibility index (Phi) is 4.73. The van der Waals surface area contributed by atoms with Crippen LogP contribution in [0, 0.1) is 0 Å². The summed E-state index contributed by atoms with van der Waals surface area (Å²) in [6, 6.07) is 8.72. The van der Waals surface area contributed by atoms with Gasteiger partial charge in [0.2, 0.25) is 5.91 Å². The number of carbonyl (C=O) groups excluding carboxylic acids is 1. The third-order valence-electron chi connectivity index (χ3n) is 4.74. The number of carbonyl (C=O) groups is 1. The Bertz CT molecular complexity index is 497.